The number of primary amides is 1. The third kappa shape index (κ3) is 4.58. The predicted octanol–water partition coefficient (Wildman–Crippen LogP) is 0.345. The molecule has 84 valence electrons. The molecule has 0 aromatic heterocycles. The Morgan fingerprint density at radius 1 is 1.43 bits per heavy atom. The van der Waals surface area contributed by atoms with Crippen LogP contribution in [0.25, 0.3) is 0 Å². The van der Waals surface area contributed by atoms with Crippen molar-refractivity contribution in [2.75, 3.05) is 19.7 Å². The summed E-state index contributed by atoms with van der Waals surface area (Å²) < 4.78 is 0. The molecule has 0 spiro atoms. The summed E-state index contributed by atoms with van der Waals surface area (Å²) in [6, 6.07) is -0.228. The Bertz CT molecular complexity index is 162. The number of aliphatic hydroxyl groups is 1. The topological polar surface area (TPSA) is 66.6 Å². The van der Waals surface area contributed by atoms with Gasteiger partial charge in [-0.05, 0) is 19.4 Å². The van der Waals surface area contributed by atoms with Gasteiger partial charge in [0.25, 0.3) is 0 Å². The van der Waals surface area contributed by atoms with Crippen LogP contribution < -0.4 is 5.73 Å². The highest BCUT2D eigenvalue weighted by Crippen LogP contribution is 2.05. The maximum Gasteiger partial charge on any atom is 0.234 e. The average Bonchev–Trinajstić information content (AvgIpc) is 2.14. The van der Waals surface area contributed by atoms with Crippen molar-refractivity contribution >= 4 is 5.91 Å². The van der Waals surface area contributed by atoms with E-state index in [4.69, 9.17) is 10.8 Å². The van der Waals surface area contributed by atoms with Crippen LogP contribution in [0.3, 0.4) is 0 Å². The van der Waals surface area contributed by atoms with Crippen molar-refractivity contribution in [3.8, 4) is 0 Å². The Kier molecular flexibility index (Phi) is 7.42. The van der Waals surface area contributed by atoms with Crippen molar-refractivity contribution in [1.29, 1.82) is 0 Å². The van der Waals surface area contributed by atoms with Crippen molar-refractivity contribution < 1.29 is 9.90 Å². The van der Waals surface area contributed by atoms with Crippen LogP contribution in [-0.2, 0) is 4.79 Å². The number of hydrogen-bond acceptors (Lipinski definition) is 3. The number of carbonyl (C=O) groups is 1. The quantitative estimate of drug-likeness (QED) is 0.596. The minimum Gasteiger partial charge on any atom is -0.395 e. The van der Waals surface area contributed by atoms with Crippen molar-refractivity contribution in [3.05, 3.63) is 0 Å². The van der Waals surface area contributed by atoms with Crippen molar-refractivity contribution in [3.63, 3.8) is 0 Å². The van der Waals surface area contributed by atoms with E-state index in [1.807, 2.05) is 11.8 Å². The minimum atomic E-state index is -0.294. The highest BCUT2D eigenvalue weighted by Gasteiger charge is 2.20. The molecule has 0 aliphatic carbocycles. The van der Waals surface area contributed by atoms with E-state index in [0.29, 0.717) is 13.0 Å². The second-order valence-electron chi connectivity index (χ2n) is 3.44. The predicted molar refractivity (Wildman–Crippen MR) is 56.8 cm³/mol. The molecule has 1 atom stereocenters. The summed E-state index contributed by atoms with van der Waals surface area (Å²) in [6.07, 6.45) is 2.82. The maximum absolute atomic E-state index is 11.1. The molecule has 4 nitrogen and oxygen atoms in total. The minimum absolute atomic E-state index is 0.0769. The molecule has 0 fully saturated rings. The van der Waals surface area contributed by atoms with Crippen LogP contribution in [0.5, 0.6) is 0 Å². The molecule has 0 aromatic carbocycles. The van der Waals surface area contributed by atoms with Gasteiger partial charge in [-0.1, -0.05) is 20.3 Å². The smallest absolute Gasteiger partial charge is 0.234 e. The standard InChI is InChI=1S/C10H22N2O2/c1-3-5-6-12(7-8-13)9(4-2)10(11)14/h9,13H,3-8H2,1-2H3,(H2,11,14). The maximum atomic E-state index is 11.1. The first-order valence-corrected chi connectivity index (χ1v) is 5.31. The van der Waals surface area contributed by atoms with Gasteiger partial charge >= 0.3 is 0 Å². The summed E-state index contributed by atoms with van der Waals surface area (Å²) in [5.74, 6) is -0.294. The molecule has 0 aromatic rings. The zero-order chi connectivity index (χ0) is 11.0. The van der Waals surface area contributed by atoms with Gasteiger partial charge in [-0.3, -0.25) is 9.69 Å². The molecule has 0 aliphatic heterocycles. The van der Waals surface area contributed by atoms with E-state index < -0.39 is 0 Å². The third-order valence-corrected chi connectivity index (χ3v) is 2.34. The zero-order valence-electron chi connectivity index (χ0n) is 9.20. The average molecular weight is 202 g/mol. The second-order valence-corrected chi connectivity index (χ2v) is 3.44. The van der Waals surface area contributed by atoms with Gasteiger partial charge in [0, 0.05) is 6.54 Å². The molecule has 0 radical (unpaired) electrons. The number of nitrogens with zero attached hydrogens (tertiary/aromatic N) is 1. The van der Waals surface area contributed by atoms with E-state index in [0.717, 1.165) is 19.4 Å². The lowest BCUT2D eigenvalue weighted by Gasteiger charge is -2.27. The number of nitrogens with two attached hydrogens (primary N) is 1. The van der Waals surface area contributed by atoms with E-state index in [-0.39, 0.29) is 18.6 Å². The number of carbonyl (C=O) groups excluding carboxylic acids is 1. The van der Waals surface area contributed by atoms with Crippen LogP contribution in [0.2, 0.25) is 0 Å². The molecule has 0 bridgehead atoms. The number of aliphatic hydroxyl groups excluding tert-OH is 1. The molecule has 0 rings (SSSR count). The molecule has 0 aliphatic rings. The monoisotopic (exact) mass is 202 g/mol. The molecular formula is C10H22N2O2. The largest absolute Gasteiger partial charge is 0.395 e. The Morgan fingerprint density at radius 2 is 2.07 bits per heavy atom. The van der Waals surface area contributed by atoms with Gasteiger partial charge in [0.1, 0.15) is 0 Å². The fourth-order valence-electron chi connectivity index (χ4n) is 1.55. The van der Waals surface area contributed by atoms with Crippen LogP contribution in [0.4, 0.5) is 0 Å². The van der Waals surface area contributed by atoms with Gasteiger partial charge < -0.3 is 10.8 Å². The Labute approximate surface area is 86.1 Å². The molecule has 3 N–H and O–H groups in total. The first kappa shape index (κ1) is 13.4. The molecule has 0 saturated heterocycles. The van der Waals surface area contributed by atoms with Crippen molar-refractivity contribution in [1.82, 2.24) is 4.90 Å². The normalized spacial score (nSPS) is 13.1. The number of unbranched alkanes of at least 4 members (excludes halogenated alkanes) is 1. The Balaban J connectivity index is 4.19. The Morgan fingerprint density at radius 3 is 2.43 bits per heavy atom. The Hall–Kier alpha value is -0.610. The molecule has 0 saturated carbocycles. The van der Waals surface area contributed by atoms with Gasteiger partial charge in [-0.2, -0.15) is 0 Å². The number of hydrogen-bond donors (Lipinski definition) is 2. The lowest BCUT2D eigenvalue weighted by atomic mass is 10.1. The second kappa shape index (κ2) is 7.76. The molecule has 1 unspecified atom stereocenters. The molecule has 14 heavy (non-hydrogen) atoms. The fraction of sp³-hybridized carbons (Fsp3) is 0.900. The highest BCUT2D eigenvalue weighted by molar-refractivity contribution is 5.79. The van der Waals surface area contributed by atoms with E-state index in [2.05, 4.69) is 6.92 Å². The first-order chi connectivity index (χ1) is 6.67. The molecular weight excluding hydrogens is 180 g/mol. The van der Waals surface area contributed by atoms with Crippen LogP contribution in [0, 0.1) is 0 Å². The summed E-state index contributed by atoms with van der Waals surface area (Å²) >= 11 is 0. The summed E-state index contributed by atoms with van der Waals surface area (Å²) in [7, 11) is 0. The van der Waals surface area contributed by atoms with Crippen molar-refractivity contribution in [2.45, 2.75) is 39.2 Å². The molecule has 0 heterocycles. The van der Waals surface area contributed by atoms with E-state index in [1.165, 1.54) is 0 Å². The van der Waals surface area contributed by atoms with Gasteiger partial charge in [-0.25, -0.2) is 0 Å². The van der Waals surface area contributed by atoms with Crippen LogP contribution >= 0.6 is 0 Å². The number of rotatable bonds is 8. The van der Waals surface area contributed by atoms with Crippen LogP contribution in [0.15, 0.2) is 0 Å². The van der Waals surface area contributed by atoms with Crippen molar-refractivity contribution in [2.24, 2.45) is 5.73 Å². The van der Waals surface area contributed by atoms with Gasteiger partial charge in [0.05, 0.1) is 12.6 Å². The molecule has 4 heteroatoms. The van der Waals surface area contributed by atoms with Gasteiger partial charge in [-0.15, -0.1) is 0 Å². The summed E-state index contributed by atoms with van der Waals surface area (Å²) in [5, 5.41) is 8.87. The highest BCUT2D eigenvalue weighted by atomic mass is 16.3. The molecule has 1 amide bonds. The van der Waals surface area contributed by atoms with Crippen LogP contribution in [-0.4, -0.2) is 41.7 Å². The number of amides is 1. The van der Waals surface area contributed by atoms with E-state index >= 15 is 0 Å². The fourth-order valence-corrected chi connectivity index (χ4v) is 1.55. The summed E-state index contributed by atoms with van der Waals surface area (Å²) in [5.41, 5.74) is 5.29. The summed E-state index contributed by atoms with van der Waals surface area (Å²) in [4.78, 5) is 13.1. The zero-order valence-corrected chi connectivity index (χ0v) is 9.20. The lowest BCUT2D eigenvalue weighted by Crippen LogP contribution is -2.46. The van der Waals surface area contributed by atoms with E-state index in [1.54, 1.807) is 0 Å². The summed E-state index contributed by atoms with van der Waals surface area (Å²) in [6.45, 7) is 5.47. The van der Waals surface area contributed by atoms with Gasteiger partial charge in [0.2, 0.25) is 5.91 Å². The lowest BCUT2D eigenvalue weighted by molar-refractivity contribution is -0.123. The SMILES string of the molecule is CCCCN(CCO)C(CC)C(N)=O. The van der Waals surface area contributed by atoms with Gasteiger partial charge in [0.15, 0.2) is 0 Å². The van der Waals surface area contributed by atoms with Crippen LogP contribution in [0.1, 0.15) is 33.1 Å². The first-order valence-electron chi connectivity index (χ1n) is 5.31. The third-order valence-electron chi connectivity index (χ3n) is 2.34. The van der Waals surface area contributed by atoms with E-state index in [9.17, 15) is 4.79 Å².